The quantitative estimate of drug-likeness (QED) is 0.795. The number of H-pyrrole nitrogens is 1. The third kappa shape index (κ3) is 4.46. The maximum Gasteiger partial charge on any atom is 0.313 e. The van der Waals surface area contributed by atoms with Crippen LogP contribution in [-0.4, -0.2) is 32.0 Å². The highest BCUT2D eigenvalue weighted by atomic mass is 35.5. The van der Waals surface area contributed by atoms with E-state index in [4.69, 9.17) is 21.4 Å². The summed E-state index contributed by atoms with van der Waals surface area (Å²) in [5.41, 5.74) is 0. The van der Waals surface area contributed by atoms with Crippen LogP contribution in [0.15, 0.2) is 29.4 Å². The number of ether oxygens (including phenoxy) is 1. The molecule has 0 amide bonds. The molecule has 0 radical (unpaired) electrons. The van der Waals surface area contributed by atoms with E-state index in [1.165, 1.54) is 0 Å². The van der Waals surface area contributed by atoms with Gasteiger partial charge in [0, 0.05) is 5.02 Å². The summed E-state index contributed by atoms with van der Waals surface area (Å²) in [5.74, 6) is 0.162. The minimum Gasteiger partial charge on any atom is -0.486 e. The van der Waals surface area contributed by atoms with Crippen molar-refractivity contribution in [3.8, 4) is 5.75 Å². The van der Waals surface area contributed by atoms with E-state index in [0.29, 0.717) is 21.8 Å². The number of aromatic nitrogens is 3. The lowest BCUT2D eigenvalue weighted by atomic mass is 10.3. The zero-order valence-electron chi connectivity index (χ0n) is 9.67. The Morgan fingerprint density at radius 1 is 1.53 bits per heavy atom. The minimum atomic E-state index is -0.911. The molecule has 0 bridgehead atoms. The smallest absolute Gasteiger partial charge is 0.313 e. The second kappa shape index (κ2) is 6.44. The van der Waals surface area contributed by atoms with E-state index in [1.807, 2.05) is 0 Å². The van der Waals surface area contributed by atoms with Crippen LogP contribution in [0.25, 0.3) is 0 Å². The average Bonchev–Trinajstić information content (AvgIpc) is 2.82. The van der Waals surface area contributed by atoms with Crippen molar-refractivity contribution in [1.29, 1.82) is 0 Å². The topological polar surface area (TPSA) is 88.1 Å². The van der Waals surface area contributed by atoms with Crippen molar-refractivity contribution < 1.29 is 14.6 Å². The number of hydrogen-bond donors (Lipinski definition) is 2. The molecule has 2 rings (SSSR count). The van der Waals surface area contributed by atoms with Crippen molar-refractivity contribution >= 4 is 29.3 Å². The molecule has 8 heteroatoms. The van der Waals surface area contributed by atoms with E-state index in [9.17, 15) is 4.79 Å². The molecule has 100 valence electrons. The van der Waals surface area contributed by atoms with Crippen molar-refractivity contribution in [1.82, 2.24) is 15.2 Å². The van der Waals surface area contributed by atoms with Crippen LogP contribution in [0.3, 0.4) is 0 Å². The summed E-state index contributed by atoms with van der Waals surface area (Å²) in [4.78, 5) is 14.5. The Kier molecular flexibility index (Phi) is 4.64. The summed E-state index contributed by atoms with van der Waals surface area (Å²) in [6.07, 6.45) is 0. The summed E-state index contributed by atoms with van der Waals surface area (Å²) >= 11 is 6.87. The summed E-state index contributed by atoms with van der Waals surface area (Å²) in [5, 5.41) is 16.1. The normalized spacial score (nSPS) is 10.4. The van der Waals surface area contributed by atoms with Gasteiger partial charge in [-0.3, -0.25) is 9.89 Å². The van der Waals surface area contributed by atoms with Crippen LogP contribution in [0.4, 0.5) is 0 Å². The number of benzene rings is 1. The first-order chi connectivity index (χ1) is 9.13. The molecule has 0 saturated carbocycles. The minimum absolute atomic E-state index is 0.0769. The van der Waals surface area contributed by atoms with Crippen molar-refractivity contribution in [2.24, 2.45) is 0 Å². The van der Waals surface area contributed by atoms with Gasteiger partial charge in [-0.2, -0.15) is 0 Å². The summed E-state index contributed by atoms with van der Waals surface area (Å²) < 4.78 is 5.47. The predicted molar refractivity (Wildman–Crippen MR) is 70.5 cm³/mol. The number of aromatic amines is 1. The Hall–Kier alpha value is -1.73. The first kappa shape index (κ1) is 13.7. The van der Waals surface area contributed by atoms with Crippen molar-refractivity contribution in [3.05, 3.63) is 35.1 Å². The van der Waals surface area contributed by atoms with E-state index in [2.05, 4.69) is 15.2 Å². The number of halogens is 1. The van der Waals surface area contributed by atoms with Crippen LogP contribution in [0.5, 0.6) is 5.75 Å². The van der Waals surface area contributed by atoms with Gasteiger partial charge in [-0.15, -0.1) is 5.10 Å². The zero-order valence-corrected chi connectivity index (χ0v) is 11.2. The number of nitrogens with zero attached hydrogens (tertiary/aromatic N) is 2. The number of rotatable bonds is 6. The van der Waals surface area contributed by atoms with Crippen LogP contribution in [-0.2, 0) is 11.4 Å². The molecule has 6 nitrogen and oxygen atoms in total. The Balaban J connectivity index is 1.88. The van der Waals surface area contributed by atoms with Crippen LogP contribution < -0.4 is 4.74 Å². The van der Waals surface area contributed by atoms with Gasteiger partial charge in [0.15, 0.2) is 5.82 Å². The van der Waals surface area contributed by atoms with Gasteiger partial charge in [-0.1, -0.05) is 29.4 Å². The fourth-order valence-electron chi connectivity index (χ4n) is 1.24. The van der Waals surface area contributed by atoms with Crippen LogP contribution in [0.1, 0.15) is 5.82 Å². The molecule has 1 aromatic heterocycles. The molecular formula is C11H10ClN3O3S. The second-order valence-electron chi connectivity index (χ2n) is 3.49. The number of carboxylic acids is 1. The summed E-state index contributed by atoms with van der Waals surface area (Å²) in [7, 11) is 0. The van der Waals surface area contributed by atoms with E-state index < -0.39 is 5.97 Å². The zero-order chi connectivity index (χ0) is 13.7. The Morgan fingerprint density at radius 2 is 2.37 bits per heavy atom. The Bertz CT molecular complexity index is 576. The third-order valence-corrected chi connectivity index (χ3v) is 3.07. The van der Waals surface area contributed by atoms with Gasteiger partial charge >= 0.3 is 5.97 Å². The molecule has 0 spiro atoms. The molecule has 0 atom stereocenters. The number of aliphatic carboxylic acids is 1. The number of nitrogens with one attached hydrogen (secondary N) is 1. The largest absolute Gasteiger partial charge is 0.486 e. The highest BCUT2D eigenvalue weighted by Gasteiger charge is 2.07. The van der Waals surface area contributed by atoms with Crippen LogP contribution in [0.2, 0.25) is 5.02 Å². The lowest BCUT2D eigenvalue weighted by molar-refractivity contribution is -0.133. The first-order valence-corrected chi connectivity index (χ1v) is 6.64. The maximum atomic E-state index is 10.4. The number of hydrogen-bond acceptors (Lipinski definition) is 5. The maximum absolute atomic E-state index is 10.4. The average molecular weight is 300 g/mol. The molecule has 1 aromatic carbocycles. The Morgan fingerprint density at radius 3 is 3.11 bits per heavy atom. The van der Waals surface area contributed by atoms with E-state index in [1.54, 1.807) is 24.3 Å². The van der Waals surface area contributed by atoms with Gasteiger partial charge in [0.2, 0.25) is 5.16 Å². The van der Waals surface area contributed by atoms with E-state index in [-0.39, 0.29) is 12.4 Å². The monoisotopic (exact) mass is 299 g/mol. The van der Waals surface area contributed by atoms with E-state index >= 15 is 0 Å². The molecule has 0 fully saturated rings. The molecular weight excluding hydrogens is 290 g/mol. The number of carbonyl (C=O) groups is 1. The van der Waals surface area contributed by atoms with Gasteiger partial charge in [-0.25, -0.2) is 4.98 Å². The molecule has 0 aliphatic carbocycles. The highest BCUT2D eigenvalue weighted by Crippen LogP contribution is 2.18. The molecule has 0 aliphatic heterocycles. The van der Waals surface area contributed by atoms with Crippen LogP contribution >= 0.6 is 23.4 Å². The van der Waals surface area contributed by atoms with E-state index in [0.717, 1.165) is 11.8 Å². The molecule has 0 saturated heterocycles. The highest BCUT2D eigenvalue weighted by molar-refractivity contribution is 7.99. The van der Waals surface area contributed by atoms with Crippen molar-refractivity contribution in [2.45, 2.75) is 11.8 Å². The SMILES string of the molecule is O=C(O)CSc1n[nH]c(COc2cccc(Cl)c2)n1. The molecule has 2 N–H and O–H groups in total. The lowest BCUT2D eigenvalue weighted by Gasteiger charge is -2.03. The third-order valence-electron chi connectivity index (χ3n) is 2.01. The van der Waals surface area contributed by atoms with Gasteiger partial charge in [0.25, 0.3) is 0 Å². The second-order valence-corrected chi connectivity index (χ2v) is 4.87. The molecule has 1 heterocycles. The number of carboxylic acid groups (broad SMARTS) is 1. The molecule has 0 aliphatic rings. The number of thioether (sulfide) groups is 1. The fraction of sp³-hybridized carbons (Fsp3) is 0.182. The summed E-state index contributed by atoms with van der Waals surface area (Å²) in [6, 6.07) is 7.01. The van der Waals surface area contributed by atoms with Crippen molar-refractivity contribution in [3.63, 3.8) is 0 Å². The molecule has 0 unspecified atom stereocenters. The van der Waals surface area contributed by atoms with Gasteiger partial charge in [-0.05, 0) is 18.2 Å². The van der Waals surface area contributed by atoms with Gasteiger partial charge in [0.05, 0.1) is 5.75 Å². The van der Waals surface area contributed by atoms with Crippen molar-refractivity contribution in [2.75, 3.05) is 5.75 Å². The van der Waals surface area contributed by atoms with Gasteiger partial charge in [0.1, 0.15) is 12.4 Å². The van der Waals surface area contributed by atoms with Gasteiger partial charge < -0.3 is 9.84 Å². The predicted octanol–water partition coefficient (Wildman–Crippen LogP) is 2.21. The first-order valence-electron chi connectivity index (χ1n) is 5.28. The fourth-order valence-corrected chi connectivity index (χ4v) is 1.96. The standard InChI is InChI=1S/C11H10ClN3O3S/c12-7-2-1-3-8(4-7)18-5-9-13-11(15-14-9)19-6-10(16)17/h1-4H,5-6H2,(H,16,17)(H,13,14,15). The lowest BCUT2D eigenvalue weighted by Crippen LogP contribution is -1.98. The Labute approximate surface area is 118 Å². The molecule has 19 heavy (non-hydrogen) atoms. The summed E-state index contributed by atoms with van der Waals surface area (Å²) in [6.45, 7) is 0.209. The molecule has 2 aromatic rings. The van der Waals surface area contributed by atoms with Crippen LogP contribution in [0, 0.1) is 0 Å².